The van der Waals surface area contributed by atoms with Gasteiger partial charge in [-0.05, 0) is 80.2 Å². The molecule has 0 radical (unpaired) electrons. The van der Waals surface area contributed by atoms with Crippen molar-refractivity contribution in [3.05, 3.63) is 126 Å². The number of aromatic nitrogens is 2. The Labute approximate surface area is 255 Å². The number of nitrogens with zero attached hydrogens (tertiary/aromatic N) is 3. The fraction of sp³-hybridized carbons (Fsp3) is 0.375. The minimum atomic E-state index is -4.83. The highest BCUT2D eigenvalue weighted by Gasteiger charge is 2.46. The quantitative estimate of drug-likeness (QED) is 0.267. The van der Waals surface area contributed by atoms with Crippen LogP contribution in [0.1, 0.15) is 59.0 Å². The molecule has 1 saturated heterocycles. The second kappa shape index (κ2) is 11.7. The molecule has 4 aromatic rings. The van der Waals surface area contributed by atoms with E-state index in [1.165, 1.54) is 0 Å². The number of benzene rings is 2. The average Bonchev–Trinajstić information content (AvgIpc) is 3.58. The lowest BCUT2D eigenvalue weighted by Crippen LogP contribution is -2.49. The van der Waals surface area contributed by atoms with Crippen LogP contribution in [-0.2, 0) is 37.6 Å². The lowest BCUT2D eigenvalue weighted by Gasteiger charge is -2.39. The van der Waals surface area contributed by atoms with E-state index in [0.717, 1.165) is 27.3 Å². The Balaban J connectivity index is 1.43. The summed E-state index contributed by atoms with van der Waals surface area (Å²) in [5.74, 6) is -0.354. The molecule has 7 nitrogen and oxygen atoms in total. The molecule has 2 N–H and O–H groups in total. The highest BCUT2D eigenvalue weighted by atomic mass is 35.5. The molecule has 44 heavy (non-hydrogen) atoms. The molecule has 1 aliphatic heterocycles. The maximum atomic E-state index is 15.0. The average molecular weight is 631 g/mol. The summed E-state index contributed by atoms with van der Waals surface area (Å²) in [4.78, 5) is 30.3. The number of fused-ring (bicyclic) bond motifs is 2. The van der Waals surface area contributed by atoms with Gasteiger partial charge in [-0.2, -0.15) is 13.2 Å². The van der Waals surface area contributed by atoms with Gasteiger partial charge in [0, 0.05) is 28.3 Å². The molecule has 0 unspecified atom stereocenters. The molecular formula is C32H31ClF4N4O3. The Kier molecular flexibility index (Phi) is 8.06. The van der Waals surface area contributed by atoms with Crippen molar-refractivity contribution < 1.29 is 22.0 Å². The van der Waals surface area contributed by atoms with Crippen molar-refractivity contribution in [2.75, 3.05) is 13.1 Å². The van der Waals surface area contributed by atoms with E-state index < -0.39 is 52.4 Å². The van der Waals surface area contributed by atoms with Crippen molar-refractivity contribution in [2.24, 2.45) is 5.73 Å². The van der Waals surface area contributed by atoms with Crippen LogP contribution in [0.25, 0.3) is 0 Å². The normalized spacial score (nSPS) is 17.2. The second-order valence-electron chi connectivity index (χ2n) is 11.6. The van der Waals surface area contributed by atoms with Crippen LogP contribution < -0.4 is 17.0 Å². The number of alkyl halides is 3. The Morgan fingerprint density at radius 3 is 2.32 bits per heavy atom. The molecule has 232 valence electrons. The molecule has 1 spiro atoms. The maximum Gasteiger partial charge on any atom is 0.416 e. The number of hydrogen-bond acceptors (Lipinski definition) is 5. The van der Waals surface area contributed by atoms with Gasteiger partial charge >= 0.3 is 11.9 Å². The van der Waals surface area contributed by atoms with E-state index in [1.54, 1.807) is 30.3 Å². The fourth-order valence-corrected chi connectivity index (χ4v) is 6.94. The molecule has 12 heteroatoms. The van der Waals surface area contributed by atoms with Crippen LogP contribution in [0.5, 0.6) is 0 Å². The van der Waals surface area contributed by atoms with E-state index in [4.69, 9.17) is 21.8 Å². The van der Waals surface area contributed by atoms with Crippen molar-refractivity contribution in [3.8, 4) is 0 Å². The lowest BCUT2D eigenvalue weighted by molar-refractivity contribution is -0.138. The maximum absolute atomic E-state index is 15.0. The van der Waals surface area contributed by atoms with Crippen molar-refractivity contribution in [3.63, 3.8) is 0 Å². The number of furan rings is 1. The number of rotatable bonds is 7. The predicted octanol–water partition coefficient (Wildman–Crippen LogP) is 5.64. The van der Waals surface area contributed by atoms with Crippen molar-refractivity contribution >= 4 is 11.6 Å². The zero-order chi connectivity index (χ0) is 31.2. The van der Waals surface area contributed by atoms with Crippen LogP contribution in [0.15, 0.2) is 74.7 Å². The van der Waals surface area contributed by atoms with Gasteiger partial charge in [-0.15, -0.1) is 0 Å². The van der Waals surface area contributed by atoms with Crippen LogP contribution in [0.3, 0.4) is 0 Å². The molecule has 1 fully saturated rings. The third kappa shape index (κ3) is 5.64. The first-order valence-electron chi connectivity index (χ1n) is 14.5. The van der Waals surface area contributed by atoms with E-state index in [2.05, 4.69) is 4.90 Å². The van der Waals surface area contributed by atoms with Gasteiger partial charge < -0.3 is 10.2 Å². The van der Waals surface area contributed by atoms with Crippen molar-refractivity contribution in [2.45, 2.75) is 63.0 Å². The van der Waals surface area contributed by atoms with Gasteiger partial charge in [-0.3, -0.25) is 18.8 Å². The van der Waals surface area contributed by atoms with E-state index in [0.29, 0.717) is 73.1 Å². The van der Waals surface area contributed by atoms with E-state index in [-0.39, 0.29) is 6.54 Å². The van der Waals surface area contributed by atoms with Gasteiger partial charge in [-0.25, -0.2) is 9.18 Å². The predicted molar refractivity (Wildman–Crippen MR) is 157 cm³/mol. The third-order valence-electron chi connectivity index (χ3n) is 9.07. The van der Waals surface area contributed by atoms with Crippen LogP contribution >= 0.6 is 11.6 Å². The van der Waals surface area contributed by atoms with Crippen molar-refractivity contribution in [1.82, 2.24) is 14.0 Å². The molecule has 2 aromatic carbocycles. The van der Waals surface area contributed by atoms with Gasteiger partial charge in [-0.1, -0.05) is 36.4 Å². The Bertz CT molecular complexity index is 1790. The summed E-state index contributed by atoms with van der Waals surface area (Å²) in [6.45, 7) is 0.959. The molecule has 0 amide bonds. The van der Waals surface area contributed by atoms with Gasteiger partial charge in [0.15, 0.2) is 5.22 Å². The van der Waals surface area contributed by atoms with Gasteiger partial charge in [0.05, 0.1) is 25.2 Å². The molecule has 6 rings (SSSR count). The summed E-state index contributed by atoms with van der Waals surface area (Å²) in [6.07, 6.45) is -2.77. The Hall–Kier alpha value is -3.67. The van der Waals surface area contributed by atoms with E-state index >= 15 is 4.39 Å². The summed E-state index contributed by atoms with van der Waals surface area (Å²) >= 11 is 5.93. The largest absolute Gasteiger partial charge is 0.448 e. The monoisotopic (exact) mass is 630 g/mol. The topological polar surface area (TPSA) is 86.4 Å². The SMILES string of the molecule is N[C@@H](Cn1c(=O)c2c(n(Cc3c(F)cccc3C(F)(F)F)c1=O)CCC21CCN(Cc2ccc(Cl)o2)CC1)c1ccccc1. The van der Waals surface area contributed by atoms with Crippen LogP contribution in [0, 0.1) is 5.82 Å². The molecule has 0 bridgehead atoms. The zero-order valence-electron chi connectivity index (χ0n) is 23.7. The first-order chi connectivity index (χ1) is 21.0. The second-order valence-corrected chi connectivity index (χ2v) is 12.0. The third-order valence-corrected chi connectivity index (χ3v) is 9.28. The summed E-state index contributed by atoms with van der Waals surface area (Å²) < 4.78 is 64.5. The molecule has 0 saturated carbocycles. The smallest absolute Gasteiger partial charge is 0.416 e. The zero-order valence-corrected chi connectivity index (χ0v) is 24.5. The molecule has 2 aromatic heterocycles. The molecule has 1 aliphatic carbocycles. The summed E-state index contributed by atoms with van der Waals surface area (Å²) in [5.41, 5.74) is 4.25. The Morgan fingerprint density at radius 1 is 0.932 bits per heavy atom. The number of piperidine rings is 1. The summed E-state index contributed by atoms with van der Waals surface area (Å²) in [7, 11) is 0. The minimum Gasteiger partial charge on any atom is -0.448 e. The molecule has 3 heterocycles. The number of likely N-dealkylation sites (tertiary alicyclic amines) is 1. The molecule has 2 aliphatic rings. The van der Waals surface area contributed by atoms with Crippen LogP contribution in [0.4, 0.5) is 17.6 Å². The number of hydrogen-bond donors (Lipinski definition) is 1. The van der Waals surface area contributed by atoms with Crippen LogP contribution in [0.2, 0.25) is 5.22 Å². The van der Waals surface area contributed by atoms with Crippen molar-refractivity contribution in [1.29, 1.82) is 0 Å². The summed E-state index contributed by atoms with van der Waals surface area (Å²) in [6, 6.07) is 14.4. The van der Waals surface area contributed by atoms with Gasteiger partial charge in [0.25, 0.3) is 5.56 Å². The summed E-state index contributed by atoms with van der Waals surface area (Å²) in [5, 5.41) is 0.300. The first kappa shape index (κ1) is 30.4. The fourth-order valence-electron chi connectivity index (χ4n) is 6.78. The number of halogens is 5. The minimum absolute atomic E-state index is 0.181. The van der Waals surface area contributed by atoms with Gasteiger partial charge in [0.2, 0.25) is 0 Å². The van der Waals surface area contributed by atoms with Gasteiger partial charge in [0.1, 0.15) is 11.6 Å². The highest BCUT2D eigenvalue weighted by molar-refractivity contribution is 6.28. The Morgan fingerprint density at radius 2 is 1.66 bits per heavy atom. The van der Waals surface area contributed by atoms with Crippen LogP contribution in [-0.4, -0.2) is 27.1 Å². The lowest BCUT2D eigenvalue weighted by atomic mass is 9.74. The molecular weight excluding hydrogens is 600 g/mol. The highest BCUT2D eigenvalue weighted by Crippen LogP contribution is 2.45. The van der Waals surface area contributed by atoms with E-state index in [1.807, 2.05) is 12.1 Å². The first-order valence-corrected chi connectivity index (χ1v) is 14.8. The molecule has 1 atom stereocenters. The number of nitrogens with two attached hydrogens (primary N) is 1. The standard InChI is InChI=1S/C32H31ClF4N4O3/c33-27-10-9-21(44-27)17-39-15-13-31(14-16-39)12-11-26-28(31)29(42)41(19-25(38)20-5-2-1-3-6-20)30(43)40(26)18-22-23(32(35,36)37)7-4-8-24(22)34/h1-10,25H,11-19,38H2/t25-/m0/s1. The van der Waals surface area contributed by atoms with E-state index in [9.17, 15) is 22.8 Å².